The van der Waals surface area contributed by atoms with Crippen LogP contribution in [0.25, 0.3) is 0 Å². The monoisotopic (exact) mass is 419 g/mol. The minimum atomic E-state index is -0.163. The van der Waals surface area contributed by atoms with Crippen LogP contribution in [0, 0.1) is 0 Å². The van der Waals surface area contributed by atoms with Gasteiger partial charge < -0.3 is 15.5 Å². The average Bonchev–Trinajstić information content (AvgIpc) is 3.04. The van der Waals surface area contributed by atoms with Crippen molar-refractivity contribution in [1.29, 1.82) is 0 Å². The lowest BCUT2D eigenvalue weighted by Gasteiger charge is -2.22. The molecule has 29 heavy (non-hydrogen) atoms. The van der Waals surface area contributed by atoms with Crippen molar-refractivity contribution in [3.8, 4) is 0 Å². The number of nitrogens with zero attached hydrogens (tertiary/aromatic N) is 1. The largest absolute Gasteiger partial charge is 0.335 e. The highest BCUT2D eigenvalue weighted by molar-refractivity contribution is 6.30. The summed E-state index contributed by atoms with van der Waals surface area (Å²) in [6.45, 7) is 0.499. The topological polar surface area (TPSA) is 61.4 Å². The van der Waals surface area contributed by atoms with Crippen molar-refractivity contribution in [3.63, 3.8) is 0 Å². The van der Waals surface area contributed by atoms with Gasteiger partial charge in [-0.3, -0.25) is 4.79 Å². The third kappa shape index (κ3) is 7.22. The lowest BCUT2D eigenvalue weighted by atomic mass is 9.98. The van der Waals surface area contributed by atoms with E-state index in [0.717, 1.165) is 18.5 Å². The Bertz CT molecular complexity index is 653. The Kier molecular flexibility index (Phi) is 8.66. The number of benzene rings is 1. The van der Waals surface area contributed by atoms with Gasteiger partial charge in [-0.2, -0.15) is 0 Å². The molecule has 0 spiro atoms. The molecule has 3 amide bonds. The summed E-state index contributed by atoms with van der Waals surface area (Å²) >= 11 is 5.93. The number of anilines is 1. The molecule has 2 N–H and O–H groups in total. The van der Waals surface area contributed by atoms with Gasteiger partial charge in [0.15, 0.2) is 0 Å². The van der Waals surface area contributed by atoms with Crippen molar-refractivity contribution in [2.75, 3.05) is 11.4 Å². The van der Waals surface area contributed by atoms with Crippen molar-refractivity contribution in [3.05, 3.63) is 29.3 Å². The van der Waals surface area contributed by atoms with Gasteiger partial charge in [-0.05, 0) is 37.1 Å². The standard InChI is InChI=1S/C23H34ClN3O2/c24-18-12-14-21(15-13-18)27-17-20(16-22(27)28)26-23(29)25-19-10-8-6-4-2-1-3-5-7-9-11-19/h12-15,19-20H,1-11,16-17H2,(H2,25,26,29)/t20-/m0/s1. The van der Waals surface area contributed by atoms with Crippen LogP contribution < -0.4 is 15.5 Å². The van der Waals surface area contributed by atoms with Gasteiger partial charge in [0.1, 0.15) is 0 Å². The Morgan fingerprint density at radius 3 is 1.93 bits per heavy atom. The second-order valence-corrected chi connectivity index (χ2v) is 8.89. The van der Waals surface area contributed by atoms with Gasteiger partial charge >= 0.3 is 6.03 Å². The maximum Gasteiger partial charge on any atom is 0.315 e. The number of carbonyl (C=O) groups is 2. The van der Waals surface area contributed by atoms with Crippen molar-refractivity contribution >= 4 is 29.2 Å². The molecule has 1 saturated heterocycles. The minimum Gasteiger partial charge on any atom is -0.335 e. The molecule has 0 bridgehead atoms. The van der Waals surface area contributed by atoms with Crippen molar-refractivity contribution in [1.82, 2.24) is 10.6 Å². The molecular weight excluding hydrogens is 386 g/mol. The highest BCUT2D eigenvalue weighted by Crippen LogP contribution is 2.23. The first-order chi connectivity index (χ1) is 14.1. The molecule has 1 heterocycles. The quantitative estimate of drug-likeness (QED) is 0.687. The zero-order valence-corrected chi connectivity index (χ0v) is 18.1. The molecule has 0 unspecified atom stereocenters. The molecule has 2 aliphatic rings. The second kappa shape index (κ2) is 11.4. The van der Waals surface area contributed by atoms with E-state index in [0.29, 0.717) is 18.0 Å². The molecule has 1 aliphatic carbocycles. The summed E-state index contributed by atoms with van der Waals surface area (Å²) in [5.74, 6) is 0.0311. The Labute approximate surface area is 179 Å². The van der Waals surface area contributed by atoms with Gasteiger partial charge in [0.2, 0.25) is 5.91 Å². The van der Waals surface area contributed by atoms with E-state index in [1.165, 1.54) is 57.8 Å². The number of hydrogen-bond donors (Lipinski definition) is 2. The SMILES string of the molecule is O=C(NC1CCCCCCCCCCC1)N[C@H]1CC(=O)N(c2ccc(Cl)cc2)C1. The lowest BCUT2D eigenvalue weighted by molar-refractivity contribution is -0.117. The van der Waals surface area contributed by atoms with Gasteiger partial charge in [-0.25, -0.2) is 4.79 Å². The molecule has 1 aliphatic heterocycles. The van der Waals surface area contributed by atoms with E-state index in [1.54, 1.807) is 17.0 Å². The second-order valence-electron chi connectivity index (χ2n) is 8.46. The Morgan fingerprint density at radius 1 is 0.828 bits per heavy atom. The molecule has 6 heteroatoms. The molecule has 2 fully saturated rings. The van der Waals surface area contributed by atoms with Gasteiger partial charge in [-0.1, -0.05) is 69.4 Å². The Balaban J connectivity index is 1.47. The van der Waals surface area contributed by atoms with E-state index in [-0.39, 0.29) is 24.0 Å². The first-order valence-electron chi connectivity index (χ1n) is 11.2. The smallest absolute Gasteiger partial charge is 0.315 e. The fraction of sp³-hybridized carbons (Fsp3) is 0.652. The number of carbonyl (C=O) groups excluding carboxylic acids is 2. The van der Waals surface area contributed by atoms with Crippen LogP contribution in [0.15, 0.2) is 24.3 Å². The van der Waals surface area contributed by atoms with Crippen LogP contribution in [-0.4, -0.2) is 30.6 Å². The number of hydrogen-bond acceptors (Lipinski definition) is 2. The van der Waals surface area contributed by atoms with Crippen LogP contribution in [-0.2, 0) is 4.79 Å². The maximum absolute atomic E-state index is 12.6. The highest BCUT2D eigenvalue weighted by Gasteiger charge is 2.31. The van der Waals surface area contributed by atoms with Crippen LogP contribution in [0.2, 0.25) is 5.02 Å². The third-order valence-corrected chi connectivity index (χ3v) is 6.29. The molecule has 1 aromatic carbocycles. The average molecular weight is 420 g/mol. The van der Waals surface area contributed by atoms with Gasteiger partial charge in [0.25, 0.3) is 0 Å². The molecule has 160 valence electrons. The molecule has 1 atom stereocenters. The Hall–Kier alpha value is -1.75. The number of amides is 3. The van der Waals surface area contributed by atoms with Crippen LogP contribution in [0.3, 0.4) is 0 Å². The summed E-state index contributed by atoms with van der Waals surface area (Å²) in [4.78, 5) is 26.7. The molecule has 0 radical (unpaired) electrons. The number of rotatable bonds is 3. The first-order valence-corrected chi connectivity index (χ1v) is 11.6. The van der Waals surface area contributed by atoms with Crippen LogP contribution in [0.1, 0.15) is 77.0 Å². The molecule has 3 rings (SSSR count). The fourth-order valence-electron chi connectivity index (χ4n) is 4.39. The first kappa shape index (κ1) is 21.9. The van der Waals surface area contributed by atoms with Gasteiger partial charge in [0, 0.05) is 29.7 Å². The molecule has 1 saturated carbocycles. The summed E-state index contributed by atoms with van der Waals surface area (Å²) in [6, 6.07) is 7.17. The van der Waals surface area contributed by atoms with E-state index in [9.17, 15) is 9.59 Å². The molecule has 1 aromatic rings. The fourth-order valence-corrected chi connectivity index (χ4v) is 4.52. The normalized spacial score (nSPS) is 22.6. The van der Waals surface area contributed by atoms with Crippen LogP contribution in [0.5, 0.6) is 0 Å². The molecule has 5 nitrogen and oxygen atoms in total. The highest BCUT2D eigenvalue weighted by atomic mass is 35.5. The summed E-state index contributed by atoms with van der Waals surface area (Å²) in [5, 5.41) is 6.84. The minimum absolute atomic E-state index is 0.0311. The predicted molar refractivity (Wildman–Crippen MR) is 118 cm³/mol. The van der Waals surface area contributed by atoms with Crippen molar-refractivity contribution in [2.24, 2.45) is 0 Å². The summed E-state index contributed by atoms with van der Waals surface area (Å²) < 4.78 is 0. The zero-order valence-electron chi connectivity index (χ0n) is 17.3. The number of halogens is 1. The summed E-state index contributed by atoms with van der Waals surface area (Å²) in [5.41, 5.74) is 0.823. The van der Waals surface area contributed by atoms with Gasteiger partial charge in [0.05, 0.1) is 6.04 Å². The van der Waals surface area contributed by atoms with Crippen LogP contribution >= 0.6 is 11.6 Å². The van der Waals surface area contributed by atoms with Gasteiger partial charge in [-0.15, -0.1) is 0 Å². The van der Waals surface area contributed by atoms with Crippen molar-refractivity contribution < 1.29 is 9.59 Å². The summed E-state index contributed by atoms with van der Waals surface area (Å²) in [7, 11) is 0. The van der Waals surface area contributed by atoms with E-state index in [4.69, 9.17) is 11.6 Å². The van der Waals surface area contributed by atoms with E-state index >= 15 is 0 Å². The zero-order chi connectivity index (χ0) is 20.5. The number of nitrogens with one attached hydrogen (secondary N) is 2. The number of urea groups is 1. The predicted octanol–water partition coefficient (Wildman–Crippen LogP) is 5.42. The van der Waals surface area contributed by atoms with Crippen molar-refractivity contribution in [2.45, 2.75) is 89.1 Å². The van der Waals surface area contributed by atoms with E-state index in [1.807, 2.05) is 12.1 Å². The maximum atomic E-state index is 12.6. The van der Waals surface area contributed by atoms with E-state index < -0.39 is 0 Å². The molecular formula is C23H34ClN3O2. The molecule has 0 aromatic heterocycles. The lowest BCUT2D eigenvalue weighted by Crippen LogP contribution is -2.47. The van der Waals surface area contributed by atoms with Crippen LogP contribution in [0.4, 0.5) is 10.5 Å². The Morgan fingerprint density at radius 2 is 1.34 bits per heavy atom. The summed E-state index contributed by atoms with van der Waals surface area (Å²) in [6.07, 6.45) is 14.0. The van der Waals surface area contributed by atoms with E-state index in [2.05, 4.69) is 10.6 Å². The third-order valence-electron chi connectivity index (χ3n) is 6.04.